The predicted octanol–water partition coefficient (Wildman–Crippen LogP) is 4.54. The summed E-state index contributed by atoms with van der Waals surface area (Å²) >= 11 is 6.43. The third-order valence-corrected chi connectivity index (χ3v) is 4.03. The van der Waals surface area contributed by atoms with Crippen molar-refractivity contribution in [1.82, 2.24) is 5.32 Å². The van der Waals surface area contributed by atoms with Crippen LogP contribution in [0.15, 0.2) is 60.2 Å². The molecule has 0 aromatic heterocycles. The molecule has 1 radical (unpaired) electrons. The van der Waals surface area contributed by atoms with Crippen molar-refractivity contribution in [1.29, 1.82) is 0 Å². The average Bonchev–Trinajstić information content (AvgIpc) is 2.52. The third kappa shape index (κ3) is 2.79. The highest BCUT2D eigenvalue weighted by Gasteiger charge is 2.16. The number of nitrogens with zero attached hydrogens (tertiary/aromatic N) is 1. The molecule has 0 aliphatic carbocycles. The summed E-state index contributed by atoms with van der Waals surface area (Å²) < 4.78 is 0. The Kier molecular flexibility index (Phi) is 4.19. The van der Waals surface area contributed by atoms with Gasteiger partial charge in [-0.2, -0.15) is 0 Å². The molecular formula is C18H17ClN. The molecule has 0 bridgehead atoms. The Labute approximate surface area is 125 Å². The normalized spacial score (nSPS) is 15.2. The van der Waals surface area contributed by atoms with Crippen LogP contribution in [-0.4, -0.2) is 13.1 Å². The standard InChI is InChI=1S/C18H17ClN/c19-17-9-5-4-8-16(17)18(14-6-2-1-3-7-14)15-10-12-20-13-11-15/h1-9H,10-13H2. The number of piperidine rings is 1. The zero-order valence-electron chi connectivity index (χ0n) is 11.3. The van der Waals surface area contributed by atoms with Crippen LogP contribution in [0.4, 0.5) is 0 Å². The van der Waals surface area contributed by atoms with Gasteiger partial charge in [0.25, 0.3) is 0 Å². The van der Waals surface area contributed by atoms with Crippen LogP contribution in [0, 0.1) is 0 Å². The zero-order chi connectivity index (χ0) is 13.8. The van der Waals surface area contributed by atoms with Crippen LogP contribution in [0.3, 0.4) is 0 Å². The summed E-state index contributed by atoms with van der Waals surface area (Å²) in [6, 6.07) is 18.7. The Morgan fingerprint density at radius 3 is 2.20 bits per heavy atom. The first-order valence-corrected chi connectivity index (χ1v) is 7.39. The van der Waals surface area contributed by atoms with Crippen LogP contribution in [0.5, 0.6) is 0 Å². The van der Waals surface area contributed by atoms with Gasteiger partial charge in [-0.3, -0.25) is 0 Å². The topological polar surface area (TPSA) is 14.1 Å². The second-order valence-corrected chi connectivity index (χ2v) is 5.40. The van der Waals surface area contributed by atoms with Gasteiger partial charge in [-0.15, -0.1) is 0 Å². The second kappa shape index (κ2) is 6.25. The first-order chi connectivity index (χ1) is 9.86. The van der Waals surface area contributed by atoms with Crippen molar-refractivity contribution in [3.8, 4) is 0 Å². The van der Waals surface area contributed by atoms with Gasteiger partial charge in [-0.05, 0) is 30.0 Å². The molecular weight excluding hydrogens is 266 g/mol. The van der Waals surface area contributed by atoms with E-state index in [0.29, 0.717) is 0 Å². The van der Waals surface area contributed by atoms with Gasteiger partial charge in [0.1, 0.15) is 0 Å². The Morgan fingerprint density at radius 1 is 0.850 bits per heavy atom. The molecule has 0 spiro atoms. The van der Waals surface area contributed by atoms with Gasteiger partial charge in [0.2, 0.25) is 0 Å². The maximum absolute atomic E-state index is 6.43. The molecule has 1 aliphatic rings. The molecule has 1 nitrogen and oxygen atoms in total. The highest BCUT2D eigenvalue weighted by Crippen LogP contribution is 2.34. The number of rotatable bonds is 2. The summed E-state index contributed by atoms with van der Waals surface area (Å²) in [7, 11) is 0. The zero-order valence-corrected chi connectivity index (χ0v) is 12.1. The van der Waals surface area contributed by atoms with E-state index >= 15 is 0 Å². The summed E-state index contributed by atoms with van der Waals surface area (Å²) in [6.07, 6.45) is 2.07. The molecule has 0 unspecified atom stereocenters. The minimum absolute atomic E-state index is 0.821. The lowest BCUT2D eigenvalue weighted by atomic mass is 9.89. The quantitative estimate of drug-likeness (QED) is 0.768. The van der Waals surface area contributed by atoms with Crippen molar-refractivity contribution in [3.63, 3.8) is 0 Å². The fourth-order valence-electron chi connectivity index (χ4n) is 2.73. The Balaban J connectivity index is 2.16. The van der Waals surface area contributed by atoms with Crippen molar-refractivity contribution in [2.75, 3.05) is 13.1 Å². The van der Waals surface area contributed by atoms with Crippen molar-refractivity contribution in [2.45, 2.75) is 12.8 Å². The molecule has 101 valence electrons. The minimum atomic E-state index is 0.821. The van der Waals surface area contributed by atoms with E-state index in [1.807, 2.05) is 12.1 Å². The highest BCUT2D eigenvalue weighted by molar-refractivity contribution is 6.32. The molecule has 20 heavy (non-hydrogen) atoms. The summed E-state index contributed by atoms with van der Waals surface area (Å²) in [5.74, 6) is 0. The fraction of sp³-hybridized carbons (Fsp3) is 0.222. The van der Waals surface area contributed by atoms with E-state index < -0.39 is 0 Å². The van der Waals surface area contributed by atoms with E-state index in [2.05, 4.69) is 47.8 Å². The van der Waals surface area contributed by atoms with Gasteiger partial charge in [0.05, 0.1) is 0 Å². The van der Waals surface area contributed by atoms with Crippen molar-refractivity contribution < 1.29 is 0 Å². The van der Waals surface area contributed by atoms with Crippen molar-refractivity contribution in [2.24, 2.45) is 0 Å². The largest absolute Gasteiger partial charge is 0.241 e. The molecule has 2 heteroatoms. The maximum Gasteiger partial charge on any atom is 0.0484 e. The van der Waals surface area contributed by atoms with Crippen molar-refractivity contribution >= 4 is 17.2 Å². The van der Waals surface area contributed by atoms with E-state index in [-0.39, 0.29) is 0 Å². The first-order valence-electron chi connectivity index (χ1n) is 7.02. The SMILES string of the molecule is Clc1ccccc1C(=C1CC[N]CC1)c1ccccc1. The van der Waals surface area contributed by atoms with Crippen molar-refractivity contribution in [3.05, 3.63) is 76.3 Å². The van der Waals surface area contributed by atoms with Crippen LogP contribution in [-0.2, 0) is 0 Å². The fourth-order valence-corrected chi connectivity index (χ4v) is 2.96. The molecule has 0 atom stereocenters. The van der Waals surface area contributed by atoms with E-state index in [1.54, 1.807) is 0 Å². The third-order valence-electron chi connectivity index (χ3n) is 3.70. The first kappa shape index (κ1) is 13.4. The van der Waals surface area contributed by atoms with Gasteiger partial charge in [0.15, 0.2) is 0 Å². The summed E-state index contributed by atoms with van der Waals surface area (Å²) in [6.45, 7) is 1.85. The van der Waals surface area contributed by atoms with Crippen LogP contribution < -0.4 is 5.32 Å². The molecule has 0 N–H and O–H groups in total. The number of halogens is 1. The molecule has 0 saturated carbocycles. The lowest BCUT2D eigenvalue weighted by Gasteiger charge is -2.21. The van der Waals surface area contributed by atoms with Gasteiger partial charge in [0, 0.05) is 23.7 Å². The minimum Gasteiger partial charge on any atom is -0.241 e. The molecule has 1 aliphatic heterocycles. The monoisotopic (exact) mass is 282 g/mol. The van der Waals surface area contributed by atoms with E-state index in [0.717, 1.165) is 36.5 Å². The lowest BCUT2D eigenvalue weighted by Crippen LogP contribution is -2.17. The van der Waals surface area contributed by atoms with Crippen LogP contribution >= 0.6 is 11.6 Å². The smallest absolute Gasteiger partial charge is 0.0484 e. The summed E-state index contributed by atoms with van der Waals surface area (Å²) in [5.41, 5.74) is 5.15. The Morgan fingerprint density at radius 2 is 1.50 bits per heavy atom. The lowest BCUT2D eigenvalue weighted by molar-refractivity contribution is 0.600. The number of benzene rings is 2. The maximum atomic E-state index is 6.43. The van der Waals surface area contributed by atoms with E-state index in [1.165, 1.54) is 16.7 Å². The van der Waals surface area contributed by atoms with E-state index in [9.17, 15) is 0 Å². The van der Waals surface area contributed by atoms with Crippen LogP contribution in [0.1, 0.15) is 24.0 Å². The second-order valence-electron chi connectivity index (χ2n) is 5.00. The summed E-state index contributed by atoms with van der Waals surface area (Å²) in [4.78, 5) is 0. The van der Waals surface area contributed by atoms with Gasteiger partial charge >= 0.3 is 0 Å². The predicted molar refractivity (Wildman–Crippen MR) is 85.0 cm³/mol. The molecule has 1 saturated heterocycles. The van der Waals surface area contributed by atoms with Crippen LogP contribution in [0.25, 0.3) is 5.57 Å². The molecule has 1 fully saturated rings. The Hall–Kier alpha value is -1.57. The molecule has 1 heterocycles. The van der Waals surface area contributed by atoms with Gasteiger partial charge in [-0.25, -0.2) is 5.32 Å². The number of hydrogen-bond acceptors (Lipinski definition) is 0. The molecule has 2 aromatic rings. The van der Waals surface area contributed by atoms with Crippen LogP contribution in [0.2, 0.25) is 5.02 Å². The summed E-state index contributed by atoms with van der Waals surface area (Å²) in [5, 5.41) is 5.27. The molecule has 2 aromatic carbocycles. The molecule has 3 rings (SSSR count). The van der Waals surface area contributed by atoms with E-state index in [4.69, 9.17) is 11.6 Å². The van der Waals surface area contributed by atoms with Gasteiger partial charge < -0.3 is 0 Å². The number of hydrogen-bond donors (Lipinski definition) is 0. The average molecular weight is 283 g/mol. The van der Waals surface area contributed by atoms with Gasteiger partial charge in [-0.1, -0.05) is 65.7 Å². The Bertz CT molecular complexity index is 608. The highest BCUT2D eigenvalue weighted by atomic mass is 35.5. The molecule has 0 amide bonds.